The number of carboxylic acid groups (broad SMARTS) is 1. The van der Waals surface area contributed by atoms with Crippen LogP contribution >= 0.6 is 15.9 Å². The van der Waals surface area contributed by atoms with Crippen LogP contribution in [-0.4, -0.2) is 16.2 Å². The third kappa shape index (κ3) is 2.36. The largest absolute Gasteiger partial charge is 0.507 e. The molecule has 0 heterocycles. The van der Waals surface area contributed by atoms with Crippen molar-refractivity contribution in [3.05, 3.63) is 64.1 Å². The summed E-state index contributed by atoms with van der Waals surface area (Å²) in [7, 11) is 0. The van der Waals surface area contributed by atoms with Crippen LogP contribution in [0.4, 0.5) is 0 Å². The van der Waals surface area contributed by atoms with Crippen molar-refractivity contribution in [2.45, 2.75) is 12.3 Å². The van der Waals surface area contributed by atoms with Crippen LogP contribution in [0.25, 0.3) is 0 Å². The molecule has 0 bridgehead atoms. The number of benzene rings is 2. The molecule has 0 spiro atoms. The summed E-state index contributed by atoms with van der Waals surface area (Å²) in [5.41, 5.74) is 0.147. The number of carbonyl (C=O) groups is 1. The lowest BCUT2D eigenvalue weighted by atomic mass is 9.76. The maximum absolute atomic E-state index is 11.7. The molecule has 0 saturated heterocycles. The zero-order chi connectivity index (χ0) is 14.0. The Morgan fingerprint density at radius 2 is 1.74 bits per heavy atom. The number of aliphatic carboxylic acids is 1. The summed E-state index contributed by atoms with van der Waals surface area (Å²) in [6.45, 7) is 1.66. The maximum Gasteiger partial charge on any atom is 0.318 e. The first-order valence-corrected chi connectivity index (χ1v) is 6.53. The van der Waals surface area contributed by atoms with Crippen molar-refractivity contribution in [1.29, 1.82) is 0 Å². The van der Waals surface area contributed by atoms with Crippen molar-refractivity contribution < 1.29 is 15.0 Å². The van der Waals surface area contributed by atoms with E-state index in [0.29, 0.717) is 15.6 Å². The number of phenolic OH excluding ortho intramolecular Hbond substituents is 1. The number of aromatic hydroxyl groups is 1. The molecule has 1 atom stereocenters. The van der Waals surface area contributed by atoms with Crippen molar-refractivity contribution in [3.8, 4) is 5.75 Å². The molecular weight excluding hydrogens is 308 g/mol. The van der Waals surface area contributed by atoms with Crippen LogP contribution in [0.3, 0.4) is 0 Å². The quantitative estimate of drug-likeness (QED) is 0.909. The summed E-state index contributed by atoms with van der Waals surface area (Å²) in [6, 6.07) is 13.8. The molecule has 0 aliphatic rings. The van der Waals surface area contributed by atoms with E-state index in [1.807, 2.05) is 18.2 Å². The van der Waals surface area contributed by atoms with Crippen molar-refractivity contribution in [3.63, 3.8) is 0 Å². The van der Waals surface area contributed by atoms with Gasteiger partial charge in [-0.3, -0.25) is 4.79 Å². The summed E-state index contributed by atoms with van der Waals surface area (Å²) < 4.78 is 0.480. The minimum absolute atomic E-state index is 0.0875. The molecule has 3 nitrogen and oxygen atoms in total. The van der Waals surface area contributed by atoms with E-state index in [4.69, 9.17) is 0 Å². The molecule has 0 saturated carbocycles. The van der Waals surface area contributed by atoms with Gasteiger partial charge >= 0.3 is 5.97 Å². The van der Waals surface area contributed by atoms with Crippen LogP contribution in [0, 0.1) is 0 Å². The second kappa shape index (κ2) is 5.05. The van der Waals surface area contributed by atoms with Gasteiger partial charge in [0.05, 0.1) is 4.47 Å². The normalized spacial score (nSPS) is 13.8. The molecule has 0 radical (unpaired) electrons. The second-order valence-electron chi connectivity index (χ2n) is 4.46. The average Bonchev–Trinajstić information content (AvgIpc) is 2.41. The van der Waals surface area contributed by atoms with E-state index >= 15 is 0 Å². The van der Waals surface area contributed by atoms with E-state index in [0.717, 1.165) is 0 Å². The molecule has 2 aromatic carbocycles. The SMILES string of the molecule is CC(C(=O)O)(c1ccccc1)c1ccc(O)c(Br)c1. The van der Waals surface area contributed by atoms with Crippen LogP contribution in [0.2, 0.25) is 0 Å². The van der Waals surface area contributed by atoms with Gasteiger partial charge in [0.15, 0.2) is 0 Å². The van der Waals surface area contributed by atoms with Gasteiger partial charge in [-0.25, -0.2) is 0 Å². The zero-order valence-electron chi connectivity index (χ0n) is 10.3. The van der Waals surface area contributed by atoms with Crippen molar-refractivity contribution in [2.24, 2.45) is 0 Å². The van der Waals surface area contributed by atoms with Gasteiger partial charge in [-0.05, 0) is 46.1 Å². The second-order valence-corrected chi connectivity index (χ2v) is 5.32. The number of phenols is 1. The highest BCUT2D eigenvalue weighted by Crippen LogP contribution is 2.36. The number of hydrogen-bond donors (Lipinski definition) is 2. The first-order chi connectivity index (χ1) is 8.96. The number of halogens is 1. The predicted molar refractivity (Wildman–Crippen MR) is 76.3 cm³/mol. The van der Waals surface area contributed by atoms with E-state index in [1.165, 1.54) is 6.07 Å². The van der Waals surface area contributed by atoms with Crippen LogP contribution in [-0.2, 0) is 10.2 Å². The first-order valence-electron chi connectivity index (χ1n) is 5.74. The van der Waals surface area contributed by atoms with E-state index in [9.17, 15) is 15.0 Å². The van der Waals surface area contributed by atoms with Gasteiger partial charge in [-0.15, -0.1) is 0 Å². The summed E-state index contributed by atoms with van der Waals surface area (Å²) >= 11 is 3.22. The Hall–Kier alpha value is -1.81. The summed E-state index contributed by atoms with van der Waals surface area (Å²) in [5.74, 6) is -0.846. The third-order valence-electron chi connectivity index (χ3n) is 3.30. The molecular formula is C15H13BrO3. The molecule has 19 heavy (non-hydrogen) atoms. The van der Waals surface area contributed by atoms with Crippen LogP contribution < -0.4 is 0 Å². The highest BCUT2D eigenvalue weighted by atomic mass is 79.9. The topological polar surface area (TPSA) is 57.5 Å². The zero-order valence-corrected chi connectivity index (χ0v) is 11.9. The maximum atomic E-state index is 11.7. The monoisotopic (exact) mass is 320 g/mol. The van der Waals surface area contributed by atoms with Gasteiger partial charge in [0.25, 0.3) is 0 Å². The standard InChI is InChI=1S/C15H13BrO3/c1-15(14(18)19,10-5-3-2-4-6-10)11-7-8-13(17)12(16)9-11/h2-9,17H,1H3,(H,18,19). The molecule has 98 valence electrons. The molecule has 2 rings (SSSR count). The Morgan fingerprint density at radius 1 is 1.11 bits per heavy atom. The molecule has 0 aliphatic heterocycles. The molecule has 1 unspecified atom stereocenters. The van der Waals surface area contributed by atoms with Gasteiger partial charge in [0, 0.05) is 0 Å². The lowest BCUT2D eigenvalue weighted by Crippen LogP contribution is -2.33. The fourth-order valence-electron chi connectivity index (χ4n) is 2.00. The molecule has 0 aliphatic carbocycles. The minimum atomic E-state index is -1.16. The van der Waals surface area contributed by atoms with E-state index < -0.39 is 11.4 Å². The van der Waals surface area contributed by atoms with Gasteiger partial charge in [0.2, 0.25) is 0 Å². The Labute approximate surface area is 119 Å². The van der Waals surface area contributed by atoms with Gasteiger partial charge in [-0.1, -0.05) is 36.4 Å². The average molecular weight is 321 g/mol. The highest BCUT2D eigenvalue weighted by Gasteiger charge is 2.37. The lowest BCUT2D eigenvalue weighted by molar-refractivity contribution is -0.141. The highest BCUT2D eigenvalue weighted by molar-refractivity contribution is 9.10. The predicted octanol–water partition coefficient (Wildman–Crippen LogP) is 3.55. The molecule has 0 fully saturated rings. The van der Waals surface area contributed by atoms with Crippen LogP contribution in [0.15, 0.2) is 53.0 Å². The van der Waals surface area contributed by atoms with E-state index in [2.05, 4.69) is 15.9 Å². The van der Waals surface area contributed by atoms with Gasteiger partial charge in [-0.2, -0.15) is 0 Å². The van der Waals surface area contributed by atoms with E-state index in [1.54, 1.807) is 31.2 Å². The summed E-state index contributed by atoms with van der Waals surface area (Å²) in [5, 5.41) is 19.1. The smallest absolute Gasteiger partial charge is 0.318 e. The fourth-order valence-corrected chi connectivity index (χ4v) is 2.38. The van der Waals surface area contributed by atoms with Gasteiger partial charge < -0.3 is 10.2 Å². The molecule has 4 heteroatoms. The summed E-state index contributed by atoms with van der Waals surface area (Å²) in [6.07, 6.45) is 0. The summed E-state index contributed by atoms with van der Waals surface area (Å²) in [4.78, 5) is 11.7. The van der Waals surface area contributed by atoms with Gasteiger partial charge in [0.1, 0.15) is 11.2 Å². The molecule has 0 amide bonds. The number of rotatable bonds is 3. The molecule has 2 aromatic rings. The minimum Gasteiger partial charge on any atom is -0.507 e. The Balaban J connectivity index is 2.63. The third-order valence-corrected chi connectivity index (χ3v) is 3.94. The Morgan fingerprint density at radius 3 is 2.26 bits per heavy atom. The van der Waals surface area contributed by atoms with Crippen molar-refractivity contribution in [1.82, 2.24) is 0 Å². The van der Waals surface area contributed by atoms with Crippen LogP contribution in [0.1, 0.15) is 18.1 Å². The first kappa shape index (κ1) is 13.6. The van der Waals surface area contributed by atoms with Crippen molar-refractivity contribution in [2.75, 3.05) is 0 Å². The molecule has 0 aromatic heterocycles. The Bertz CT molecular complexity index is 610. The number of carboxylic acids is 1. The Kier molecular flexibility index (Phi) is 3.62. The van der Waals surface area contributed by atoms with E-state index in [-0.39, 0.29) is 5.75 Å². The molecule has 2 N–H and O–H groups in total. The lowest BCUT2D eigenvalue weighted by Gasteiger charge is -2.26. The number of hydrogen-bond acceptors (Lipinski definition) is 2. The van der Waals surface area contributed by atoms with Crippen LogP contribution in [0.5, 0.6) is 5.75 Å². The van der Waals surface area contributed by atoms with Crippen molar-refractivity contribution >= 4 is 21.9 Å². The fraction of sp³-hybridized carbons (Fsp3) is 0.133.